The van der Waals surface area contributed by atoms with Crippen molar-refractivity contribution in [3.8, 4) is 0 Å². The first kappa shape index (κ1) is 15.9. The molecule has 0 saturated carbocycles. The van der Waals surface area contributed by atoms with E-state index in [-0.39, 0.29) is 29.2 Å². The van der Waals surface area contributed by atoms with Crippen LogP contribution in [0.4, 0.5) is 5.69 Å². The lowest BCUT2D eigenvalue weighted by atomic mass is 10.2. The average molecular weight is 337 g/mol. The van der Waals surface area contributed by atoms with Gasteiger partial charge >= 0.3 is 0 Å². The molecule has 1 aromatic rings. The Bertz CT molecular complexity index is 775. The molecular weight excluding hydrogens is 318 g/mol. The maximum Gasteiger partial charge on any atom is 0.240 e. The van der Waals surface area contributed by atoms with Crippen LogP contribution in [0, 0.1) is 0 Å². The summed E-state index contributed by atoms with van der Waals surface area (Å²) in [5.41, 5.74) is 1.47. The smallest absolute Gasteiger partial charge is 0.240 e. The maximum absolute atomic E-state index is 12.5. The van der Waals surface area contributed by atoms with Crippen molar-refractivity contribution in [1.82, 2.24) is 9.62 Å². The molecule has 7 nitrogen and oxygen atoms in total. The molecule has 124 valence electrons. The van der Waals surface area contributed by atoms with Gasteiger partial charge < -0.3 is 9.80 Å². The summed E-state index contributed by atoms with van der Waals surface area (Å²) < 4.78 is 27.7. The van der Waals surface area contributed by atoms with Gasteiger partial charge in [0.25, 0.3) is 0 Å². The highest BCUT2D eigenvalue weighted by Crippen LogP contribution is 2.29. The standard InChI is InChI=1S/C15H19N3O4S/c1-10(19)18-6-5-12(9-18)16-23(21,22)13-3-4-14-11(7-13)8-15(20)17(14)2/h3-4,7,12,16H,5-6,8-9H2,1-2H3. The molecule has 1 aromatic carbocycles. The predicted molar refractivity (Wildman–Crippen MR) is 84.5 cm³/mol. The van der Waals surface area contributed by atoms with Crippen LogP contribution in [0.25, 0.3) is 0 Å². The quantitative estimate of drug-likeness (QED) is 0.848. The third kappa shape index (κ3) is 2.96. The second kappa shape index (κ2) is 5.61. The van der Waals surface area contributed by atoms with Crippen molar-refractivity contribution in [1.29, 1.82) is 0 Å². The Labute approximate surface area is 135 Å². The Kier molecular flexibility index (Phi) is 3.89. The lowest BCUT2D eigenvalue weighted by Crippen LogP contribution is -2.37. The van der Waals surface area contributed by atoms with Gasteiger partial charge in [-0.15, -0.1) is 0 Å². The number of benzene rings is 1. The van der Waals surface area contributed by atoms with E-state index >= 15 is 0 Å². The van der Waals surface area contributed by atoms with Crippen molar-refractivity contribution in [2.75, 3.05) is 25.0 Å². The highest BCUT2D eigenvalue weighted by atomic mass is 32.2. The van der Waals surface area contributed by atoms with Crippen LogP contribution in [0.5, 0.6) is 0 Å². The number of amides is 2. The summed E-state index contributed by atoms with van der Waals surface area (Å²) in [5, 5.41) is 0. The third-order valence-electron chi connectivity index (χ3n) is 4.39. The SMILES string of the molecule is CC(=O)N1CCC(NS(=O)(=O)c2ccc3c(c2)CC(=O)N3C)C1. The number of sulfonamides is 1. The van der Waals surface area contributed by atoms with Gasteiger partial charge in [0.1, 0.15) is 0 Å². The molecule has 0 spiro atoms. The molecule has 0 radical (unpaired) electrons. The zero-order chi connectivity index (χ0) is 16.8. The number of fused-ring (bicyclic) bond motifs is 1. The van der Waals surface area contributed by atoms with E-state index in [2.05, 4.69) is 4.72 Å². The van der Waals surface area contributed by atoms with E-state index in [1.807, 2.05) is 0 Å². The van der Waals surface area contributed by atoms with Gasteiger partial charge in [0.15, 0.2) is 0 Å². The Morgan fingerprint density at radius 1 is 1.35 bits per heavy atom. The first-order chi connectivity index (χ1) is 10.8. The minimum absolute atomic E-state index is 0.0459. The maximum atomic E-state index is 12.5. The molecule has 0 aliphatic carbocycles. The lowest BCUT2D eigenvalue weighted by Gasteiger charge is -2.16. The average Bonchev–Trinajstić information content (AvgIpc) is 3.04. The third-order valence-corrected chi connectivity index (χ3v) is 5.91. The minimum Gasteiger partial charge on any atom is -0.341 e. The number of hydrogen-bond donors (Lipinski definition) is 1. The molecule has 8 heteroatoms. The fourth-order valence-electron chi connectivity index (χ4n) is 3.04. The number of carbonyl (C=O) groups excluding carboxylic acids is 2. The van der Waals surface area contributed by atoms with Crippen molar-refractivity contribution in [3.05, 3.63) is 23.8 Å². The minimum atomic E-state index is -3.67. The van der Waals surface area contributed by atoms with Gasteiger partial charge in [-0.25, -0.2) is 13.1 Å². The van der Waals surface area contributed by atoms with Crippen molar-refractivity contribution < 1.29 is 18.0 Å². The van der Waals surface area contributed by atoms with Crippen LogP contribution in [0.15, 0.2) is 23.1 Å². The van der Waals surface area contributed by atoms with E-state index in [0.29, 0.717) is 19.5 Å². The molecule has 1 atom stereocenters. The molecule has 1 N–H and O–H groups in total. The Morgan fingerprint density at radius 2 is 2.09 bits per heavy atom. The molecule has 2 aliphatic heterocycles. The molecule has 2 amide bonds. The summed E-state index contributed by atoms with van der Waals surface area (Å²) in [6.45, 7) is 2.43. The molecule has 1 fully saturated rings. The van der Waals surface area contributed by atoms with Gasteiger partial charge in [-0.2, -0.15) is 0 Å². The number of hydrogen-bond acceptors (Lipinski definition) is 4. The summed E-state index contributed by atoms with van der Waals surface area (Å²) in [5.74, 6) is -0.0961. The largest absolute Gasteiger partial charge is 0.341 e. The Balaban J connectivity index is 1.78. The Hall–Kier alpha value is -1.93. The van der Waals surface area contributed by atoms with Gasteiger partial charge in [-0.05, 0) is 30.2 Å². The van der Waals surface area contributed by atoms with Gasteiger partial charge in [0, 0.05) is 38.8 Å². The number of anilines is 1. The molecule has 1 saturated heterocycles. The number of nitrogens with zero attached hydrogens (tertiary/aromatic N) is 2. The Morgan fingerprint density at radius 3 is 2.74 bits per heavy atom. The number of likely N-dealkylation sites (N-methyl/N-ethyl adjacent to an activating group) is 1. The molecule has 0 bridgehead atoms. The molecule has 2 aliphatic rings. The van der Waals surface area contributed by atoms with Crippen LogP contribution in [0.2, 0.25) is 0 Å². The molecular formula is C15H19N3O4S. The van der Waals surface area contributed by atoms with Gasteiger partial charge in [-0.1, -0.05) is 0 Å². The first-order valence-electron chi connectivity index (χ1n) is 7.45. The molecule has 0 aromatic heterocycles. The van der Waals surface area contributed by atoms with E-state index < -0.39 is 10.0 Å². The van der Waals surface area contributed by atoms with Crippen LogP contribution in [-0.4, -0.2) is 51.3 Å². The number of nitrogens with one attached hydrogen (secondary N) is 1. The van der Waals surface area contributed by atoms with Gasteiger partial charge in [-0.3, -0.25) is 9.59 Å². The summed E-state index contributed by atoms with van der Waals surface area (Å²) in [6.07, 6.45) is 0.821. The summed E-state index contributed by atoms with van der Waals surface area (Å²) in [4.78, 5) is 26.3. The van der Waals surface area contributed by atoms with Crippen molar-refractivity contribution in [3.63, 3.8) is 0 Å². The van der Waals surface area contributed by atoms with E-state index in [4.69, 9.17) is 0 Å². The van der Waals surface area contributed by atoms with Crippen LogP contribution in [0.1, 0.15) is 18.9 Å². The van der Waals surface area contributed by atoms with E-state index in [0.717, 1.165) is 11.3 Å². The van der Waals surface area contributed by atoms with Crippen LogP contribution < -0.4 is 9.62 Å². The number of rotatable bonds is 3. The van der Waals surface area contributed by atoms with Gasteiger partial charge in [0.05, 0.1) is 11.3 Å². The second-order valence-corrected chi connectivity index (χ2v) is 7.71. The van der Waals surface area contributed by atoms with Crippen molar-refractivity contribution >= 4 is 27.5 Å². The number of carbonyl (C=O) groups is 2. The normalized spacial score (nSPS) is 21.0. The first-order valence-corrected chi connectivity index (χ1v) is 8.93. The van der Waals surface area contributed by atoms with Crippen molar-refractivity contribution in [2.45, 2.75) is 30.7 Å². The van der Waals surface area contributed by atoms with Gasteiger partial charge in [0.2, 0.25) is 21.8 Å². The fraction of sp³-hybridized carbons (Fsp3) is 0.467. The molecule has 1 unspecified atom stereocenters. The zero-order valence-electron chi connectivity index (χ0n) is 13.1. The fourth-order valence-corrected chi connectivity index (χ4v) is 4.36. The van der Waals surface area contributed by atoms with Crippen LogP contribution >= 0.6 is 0 Å². The summed E-state index contributed by atoms with van der Waals surface area (Å²) in [7, 11) is -1.99. The topological polar surface area (TPSA) is 86.8 Å². The second-order valence-electron chi connectivity index (χ2n) is 5.99. The summed E-state index contributed by atoms with van der Waals surface area (Å²) >= 11 is 0. The van der Waals surface area contributed by atoms with E-state index in [9.17, 15) is 18.0 Å². The monoisotopic (exact) mass is 337 g/mol. The highest BCUT2D eigenvalue weighted by molar-refractivity contribution is 7.89. The van der Waals surface area contributed by atoms with E-state index in [1.165, 1.54) is 17.9 Å². The molecule has 23 heavy (non-hydrogen) atoms. The number of likely N-dealkylation sites (tertiary alicyclic amines) is 1. The molecule has 2 heterocycles. The predicted octanol–water partition coefficient (Wildman–Crippen LogP) is 0.105. The highest BCUT2D eigenvalue weighted by Gasteiger charge is 2.30. The molecule has 3 rings (SSSR count). The summed E-state index contributed by atoms with van der Waals surface area (Å²) in [6, 6.07) is 4.44. The van der Waals surface area contributed by atoms with E-state index in [1.54, 1.807) is 24.1 Å². The zero-order valence-corrected chi connectivity index (χ0v) is 13.9. The lowest BCUT2D eigenvalue weighted by molar-refractivity contribution is -0.127. The van der Waals surface area contributed by atoms with Crippen LogP contribution in [0.3, 0.4) is 0 Å². The van der Waals surface area contributed by atoms with Crippen LogP contribution in [-0.2, 0) is 26.0 Å². The van der Waals surface area contributed by atoms with Crippen molar-refractivity contribution in [2.24, 2.45) is 0 Å².